The second-order valence-electron chi connectivity index (χ2n) is 8.40. The van der Waals surface area contributed by atoms with Crippen molar-refractivity contribution in [1.29, 1.82) is 0 Å². The molecule has 2 saturated heterocycles. The van der Waals surface area contributed by atoms with Crippen LogP contribution in [0.2, 0.25) is 0 Å². The molecule has 0 aromatic heterocycles. The molecule has 3 rings (SSSR count). The summed E-state index contributed by atoms with van der Waals surface area (Å²) in [5.41, 5.74) is -1.28. The van der Waals surface area contributed by atoms with E-state index in [9.17, 15) is 19.2 Å². The van der Waals surface area contributed by atoms with Gasteiger partial charge in [-0.2, -0.15) is 0 Å². The van der Waals surface area contributed by atoms with Gasteiger partial charge in [0, 0.05) is 32.1 Å². The SMILES string of the molecule is CCN(C[C@H]1N[C@@](C)(C(=O)OC)[C@H]2C(=O)N(C)C(=O)[C@@H]12)C(=O)C1CCCCC1. The lowest BCUT2D eigenvalue weighted by atomic mass is 9.81. The zero-order valence-electron chi connectivity index (χ0n) is 17.2. The van der Waals surface area contributed by atoms with Crippen LogP contribution in [0.25, 0.3) is 0 Å². The van der Waals surface area contributed by atoms with Crippen LogP contribution in [-0.2, 0) is 23.9 Å². The number of amides is 3. The highest BCUT2D eigenvalue weighted by atomic mass is 16.5. The van der Waals surface area contributed by atoms with E-state index in [1.54, 1.807) is 11.8 Å². The average Bonchev–Trinajstić information content (AvgIpc) is 3.14. The number of esters is 1. The molecule has 0 radical (unpaired) electrons. The molecule has 3 fully saturated rings. The molecule has 0 unspecified atom stereocenters. The summed E-state index contributed by atoms with van der Waals surface area (Å²) in [7, 11) is 2.72. The normalized spacial score (nSPS) is 33.1. The van der Waals surface area contributed by atoms with Crippen molar-refractivity contribution in [2.45, 2.75) is 57.5 Å². The first-order valence-electron chi connectivity index (χ1n) is 10.2. The monoisotopic (exact) mass is 393 g/mol. The molecule has 4 atom stereocenters. The van der Waals surface area contributed by atoms with Gasteiger partial charge in [-0.05, 0) is 26.7 Å². The molecule has 8 nitrogen and oxygen atoms in total. The third kappa shape index (κ3) is 3.21. The Morgan fingerprint density at radius 1 is 1.21 bits per heavy atom. The Hall–Kier alpha value is -1.96. The first-order valence-corrected chi connectivity index (χ1v) is 10.2. The lowest BCUT2D eigenvalue weighted by Crippen LogP contribution is -2.56. The van der Waals surface area contributed by atoms with Crippen LogP contribution in [0.15, 0.2) is 0 Å². The fourth-order valence-electron chi connectivity index (χ4n) is 5.19. The number of hydrogen-bond donors (Lipinski definition) is 1. The molecule has 28 heavy (non-hydrogen) atoms. The van der Waals surface area contributed by atoms with Gasteiger partial charge < -0.3 is 9.64 Å². The number of methoxy groups -OCH3 is 1. The summed E-state index contributed by atoms with van der Waals surface area (Å²) >= 11 is 0. The molecule has 0 aromatic carbocycles. The number of carbonyl (C=O) groups is 4. The predicted octanol–water partition coefficient (Wildman–Crippen LogP) is 0.550. The Morgan fingerprint density at radius 2 is 1.86 bits per heavy atom. The van der Waals surface area contributed by atoms with Crippen LogP contribution in [0.3, 0.4) is 0 Å². The Balaban J connectivity index is 1.84. The van der Waals surface area contributed by atoms with Crippen molar-refractivity contribution >= 4 is 23.7 Å². The summed E-state index contributed by atoms with van der Waals surface area (Å²) in [6.07, 6.45) is 5.11. The van der Waals surface area contributed by atoms with Crippen molar-refractivity contribution in [3.05, 3.63) is 0 Å². The third-order valence-electron chi connectivity index (χ3n) is 6.79. The van der Waals surface area contributed by atoms with E-state index in [2.05, 4.69) is 5.32 Å². The highest BCUT2D eigenvalue weighted by Crippen LogP contribution is 2.43. The van der Waals surface area contributed by atoms with E-state index in [1.165, 1.54) is 20.6 Å². The lowest BCUT2D eigenvalue weighted by molar-refractivity contribution is -0.152. The van der Waals surface area contributed by atoms with Crippen LogP contribution < -0.4 is 5.32 Å². The molecule has 0 aromatic rings. The van der Waals surface area contributed by atoms with Gasteiger partial charge in [0.05, 0.1) is 18.9 Å². The number of fused-ring (bicyclic) bond motifs is 1. The predicted molar refractivity (Wildman–Crippen MR) is 101 cm³/mol. The number of nitrogens with one attached hydrogen (secondary N) is 1. The smallest absolute Gasteiger partial charge is 0.326 e. The van der Waals surface area contributed by atoms with Gasteiger partial charge >= 0.3 is 5.97 Å². The fourth-order valence-corrected chi connectivity index (χ4v) is 5.19. The summed E-state index contributed by atoms with van der Waals surface area (Å²) in [5, 5.41) is 3.19. The van der Waals surface area contributed by atoms with E-state index in [-0.39, 0.29) is 23.6 Å². The van der Waals surface area contributed by atoms with Crippen LogP contribution in [-0.4, -0.2) is 72.3 Å². The number of nitrogens with zero attached hydrogens (tertiary/aromatic N) is 2. The highest BCUT2D eigenvalue weighted by molar-refractivity contribution is 6.09. The maximum Gasteiger partial charge on any atom is 0.326 e. The molecule has 8 heteroatoms. The largest absolute Gasteiger partial charge is 0.468 e. The summed E-state index contributed by atoms with van der Waals surface area (Å²) < 4.78 is 4.92. The van der Waals surface area contributed by atoms with Crippen molar-refractivity contribution in [3.8, 4) is 0 Å². The van der Waals surface area contributed by atoms with Gasteiger partial charge in [-0.1, -0.05) is 19.3 Å². The topological polar surface area (TPSA) is 96.0 Å². The van der Waals surface area contributed by atoms with Gasteiger partial charge in [-0.15, -0.1) is 0 Å². The zero-order chi connectivity index (χ0) is 20.6. The van der Waals surface area contributed by atoms with E-state index in [4.69, 9.17) is 4.74 Å². The first kappa shape index (κ1) is 20.8. The number of likely N-dealkylation sites (tertiary alicyclic amines) is 1. The molecule has 0 spiro atoms. The minimum Gasteiger partial charge on any atom is -0.468 e. The van der Waals surface area contributed by atoms with Crippen molar-refractivity contribution in [2.24, 2.45) is 17.8 Å². The highest BCUT2D eigenvalue weighted by Gasteiger charge is 2.66. The Labute approximate surface area is 165 Å². The van der Waals surface area contributed by atoms with E-state index in [1.807, 2.05) is 6.92 Å². The lowest BCUT2D eigenvalue weighted by Gasteiger charge is -2.32. The zero-order valence-corrected chi connectivity index (χ0v) is 17.2. The summed E-state index contributed by atoms with van der Waals surface area (Å²) in [6, 6.07) is -0.469. The average molecular weight is 393 g/mol. The Kier molecular flexibility index (Phi) is 5.79. The van der Waals surface area contributed by atoms with Gasteiger partial charge in [0.25, 0.3) is 0 Å². The van der Waals surface area contributed by atoms with Gasteiger partial charge in [0.1, 0.15) is 5.54 Å². The minimum atomic E-state index is -1.28. The van der Waals surface area contributed by atoms with Crippen molar-refractivity contribution in [3.63, 3.8) is 0 Å². The van der Waals surface area contributed by atoms with E-state index in [0.29, 0.717) is 13.1 Å². The van der Waals surface area contributed by atoms with Gasteiger partial charge in [-0.3, -0.25) is 29.4 Å². The molecule has 3 aliphatic rings. The number of hydrogen-bond acceptors (Lipinski definition) is 6. The van der Waals surface area contributed by atoms with Crippen molar-refractivity contribution in [2.75, 3.05) is 27.2 Å². The van der Waals surface area contributed by atoms with Crippen molar-refractivity contribution in [1.82, 2.24) is 15.1 Å². The number of rotatable bonds is 5. The molecule has 2 heterocycles. The maximum atomic E-state index is 13.0. The quantitative estimate of drug-likeness (QED) is 0.541. The third-order valence-corrected chi connectivity index (χ3v) is 6.79. The molecule has 0 bridgehead atoms. The van der Waals surface area contributed by atoms with Gasteiger partial charge in [0.2, 0.25) is 17.7 Å². The number of carbonyl (C=O) groups excluding carboxylic acids is 4. The number of likely N-dealkylation sites (N-methyl/N-ethyl adjacent to an activating group) is 1. The van der Waals surface area contributed by atoms with Gasteiger partial charge in [0.15, 0.2) is 0 Å². The first-order chi connectivity index (χ1) is 13.3. The minimum absolute atomic E-state index is 0.0291. The molecule has 1 aliphatic carbocycles. The standard InChI is InChI=1S/C20H31N3O5/c1-5-23(16(24)12-9-7-6-8-10-12)11-13-14-15(18(26)22(3)17(14)25)20(2,21-13)19(27)28-4/h12-15,21H,5-11H2,1-4H3/t13-,14+,15-,20-/m1/s1. The maximum absolute atomic E-state index is 13.0. The van der Waals surface area contributed by atoms with Crippen LogP contribution in [0.5, 0.6) is 0 Å². The van der Waals surface area contributed by atoms with Crippen LogP contribution in [0, 0.1) is 17.8 Å². The van der Waals surface area contributed by atoms with E-state index >= 15 is 0 Å². The van der Waals surface area contributed by atoms with Crippen LogP contribution in [0.1, 0.15) is 46.0 Å². The van der Waals surface area contributed by atoms with E-state index < -0.39 is 29.4 Å². The molecular formula is C20H31N3O5. The van der Waals surface area contributed by atoms with Gasteiger partial charge in [-0.25, -0.2) is 0 Å². The molecule has 156 valence electrons. The van der Waals surface area contributed by atoms with Crippen molar-refractivity contribution < 1.29 is 23.9 Å². The summed E-state index contributed by atoms with van der Waals surface area (Å²) in [4.78, 5) is 53.8. The summed E-state index contributed by atoms with van der Waals surface area (Å²) in [6.45, 7) is 4.35. The summed E-state index contributed by atoms with van der Waals surface area (Å²) in [5.74, 6) is -2.59. The molecule has 2 aliphatic heterocycles. The second-order valence-corrected chi connectivity index (χ2v) is 8.40. The Bertz CT molecular complexity index is 675. The molecular weight excluding hydrogens is 362 g/mol. The van der Waals surface area contributed by atoms with Crippen LogP contribution >= 0.6 is 0 Å². The Morgan fingerprint density at radius 3 is 2.43 bits per heavy atom. The van der Waals surface area contributed by atoms with Crippen LogP contribution in [0.4, 0.5) is 0 Å². The van der Waals surface area contributed by atoms with E-state index in [0.717, 1.165) is 30.6 Å². The second kappa shape index (κ2) is 7.81. The number of imide groups is 1. The number of ether oxygens (including phenoxy) is 1. The molecule has 1 N–H and O–H groups in total. The molecule has 3 amide bonds. The fraction of sp³-hybridized carbons (Fsp3) is 0.800. The molecule has 1 saturated carbocycles.